The number of carbonyl (C=O) groups excluding carboxylic acids is 2. The first kappa shape index (κ1) is 19.0. The van der Waals surface area contributed by atoms with Crippen LogP contribution in [0.4, 0.5) is 5.82 Å². The van der Waals surface area contributed by atoms with Crippen molar-refractivity contribution in [3.63, 3.8) is 0 Å². The molecule has 0 spiro atoms. The smallest absolute Gasteiger partial charge is 0.259 e. The van der Waals surface area contributed by atoms with E-state index in [1.54, 1.807) is 35.4 Å². The van der Waals surface area contributed by atoms with Gasteiger partial charge in [0.15, 0.2) is 0 Å². The van der Waals surface area contributed by atoms with Gasteiger partial charge >= 0.3 is 0 Å². The first-order valence-corrected chi connectivity index (χ1v) is 8.64. The van der Waals surface area contributed by atoms with Gasteiger partial charge in [0, 0.05) is 43.2 Å². The van der Waals surface area contributed by atoms with Crippen LogP contribution in [0.5, 0.6) is 0 Å². The van der Waals surface area contributed by atoms with Crippen LogP contribution < -0.4 is 16.0 Å². The standard InChI is InChI=1S/C19H26N4O2/c1-3-6-15(24)10-12-23(18-7-4-5-11-22-18)19(25)14-8-9-17(21-2)16(20)13-14/h4-5,7-9,11,13,16-17,21H,3,6,10,12,20H2,1-2H3. The molecule has 0 saturated heterocycles. The Bertz CT molecular complexity index is 655. The minimum Gasteiger partial charge on any atom is -0.323 e. The SMILES string of the molecule is CCCC(=O)CCN(C(=O)C1=CC(N)C(NC)C=C1)c1ccccn1. The van der Waals surface area contributed by atoms with E-state index in [9.17, 15) is 9.59 Å². The normalized spacial score (nSPS) is 19.4. The van der Waals surface area contributed by atoms with Crippen molar-refractivity contribution in [3.8, 4) is 0 Å². The van der Waals surface area contributed by atoms with Crippen LogP contribution in [0, 0.1) is 0 Å². The summed E-state index contributed by atoms with van der Waals surface area (Å²) in [4.78, 5) is 30.7. The summed E-state index contributed by atoms with van der Waals surface area (Å²) in [6, 6.07) is 5.12. The average molecular weight is 342 g/mol. The van der Waals surface area contributed by atoms with E-state index in [-0.39, 0.29) is 23.8 Å². The summed E-state index contributed by atoms with van der Waals surface area (Å²) in [7, 11) is 1.83. The number of rotatable bonds is 8. The Morgan fingerprint density at radius 1 is 1.32 bits per heavy atom. The summed E-state index contributed by atoms with van der Waals surface area (Å²) in [5, 5.41) is 3.09. The molecule has 0 radical (unpaired) electrons. The number of likely N-dealkylation sites (N-methyl/N-ethyl adjacent to an activating group) is 1. The molecule has 0 aliphatic heterocycles. The van der Waals surface area contributed by atoms with E-state index in [0.29, 0.717) is 30.8 Å². The summed E-state index contributed by atoms with van der Waals surface area (Å²) in [6.45, 7) is 2.28. The summed E-state index contributed by atoms with van der Waals surface area (Å²) in [5.41, 5.74) is 6.61. The van der Waals surface area contributed by atoms with Gasteiger partial charge in [-0.3, -0.25) is 14.5 Å². The first-order chi connectivity index (χ1) is 12.1. The highest BCUT2D eigenvalue weighted by Gasteiger charge is 2.24. The number of amides is 1. The molecule has 1 aromatic rings. The molecule has 6 heteroatoms. The molecule has 0 bridgehead atoms. The number of nitrogens with two attached hydrogens (primary N) is 1. The van der Waals surface area contributed by atoms with E-state index >= 15 is 0 Å². The third kappa shape index (κ3) is 5.08. The van der Waals surface area contributed by atoms with Gasteiger partial charge < -0.3 is 11.1 Å². The molecule has 2 unspecified atom stereocenters. The van der Waals surface area contributed by atoms with Crippen molar-refractivity contribution in [2.75, 3.05) is 18.5 Å². The summed E-state index contributed by atoms with van der Waals surface area (Å²) in [5.74, 6) is 0.496. The number of ketones is 1. The summed E-state index contributed by atoms with van der Waals surface area (Å²) in [6.07, 6.45) is 8.71. The number of hydrogen-bond donors (Lipinski definition) is 2. The van der Waals surface area contributed by atoms with Gasteiger partial charge in [-0.1, -0.05) is 31.2 Å². The molecule has 1 heterocycles. The van der Waals surface area contributed by atoms with Crippen molar-refractivity contribution in [1.82, 2.24) is 10.3 Å². The number of nitrogens with one attached hydrogen (secondary N) is 1. The van der Waals surface area contributed by atoms with E-state index < -0.39 is 0 Å². The molecule has 6 nitrogen and oxygen atoms in total. The second-order valence-electron chi connectivity index (χ2n) is 6.06. The molecule has 1 amide bonds. The molecule has 1 aliphatic rings. The fraction of sp³-hybridized carbons (Fsp3) is 0.421. The molecule has 2 atom stereocenters. The van der Waals surface area contributed by atoms with Crippen LogP contribution in [-0.4, -0.2) is 42.4 Å². The topological polar surface area (TPSA) is 88.3 Å². The number of nitrogens with zero attached hydrogens (tertiary/aromatic N) is 2. The zero-order valence-electron chi connectivity index (χ0n) is 14.8. The second-order valence-corrected chi connectivity index (χ2v) is 6.06. The van der Waals surface area contributed by atoms with Gasteiger partial charge in [0.05, 0.1) is 0 Å². The summed E-state index contributed by atoms with van der Waals surface area (Å²) < 4.78 is 0. The molecule has 1 aromatic heterocycles. The fourth-order valence-electron chi connectivity index (χ4n) is 2.76. The van der Waals surface area contributed by atoms with Crippen LogP contribution in [0.25, 0.3) is 0 Å². The monoisotopic (exact) mass is 342 g/mol. The van der Waals surface area contributed by atoms with Crippen LogP contribution in [0.2, 0.25) is 0 Å². The van der Waals surface area contributed by atoms with E-state index in [4.69, 9.17) is 5.73 Å². The number of pyridine rings is 1. The molecule has 0 saturated carbocycles. The molecular weight excluding hydrogens is 316 g/mol. The quantitative estimate of drug-likeness (QED) is 0.749. The van der Waals surface area contributed by atoms with Gasteiger partial charge in [-0.2, -0.15) is 0 Å². The van der Waals surface area contributed by atoms with Gasteiger partial charge in [-0.25, -0.2) is 4.98 Å². The first-order valence-electron chi connectivity index (χ1n) is 8.64. The Balaban J connectivity index is 2.19. The Hall–Kier alpha value is -2.31. The zero-order valence-corrected chi connectivity index (χ0v) is 14.8. The average Bonchev–Trinajstić information content (AvgIpc) is 2.62. The van der Waals surface area contributed by atoms with Crippen molar-refractivity contribution in [1.29, 1.82) is 0 Å². The Morgan fingerprint density at radius 2 is 2.12 bits per heavy atom. The van der Waals surface area contributed by atoms with Crippen molar-refractivity contribution in [3.05, 3.63) is 48.2 Å². The lowest BCUT2D eigenvalue weighted by Gasteiger charge is -2.26. The van der Waals surface area contributed by atoms with Gasteiger partial charge in [-0.15, -0.1) is 0 Å². The minimum atomic E-state index is -0.277. The molecule has 1 aliphatic carbocycles. The van der Waals surface area contributed by atoms with Gasteiger partial charge in [0.1, 0.15) is 11.6 Å². The molecular formula is C19H26N4O2. The fourth-order valence-corrected chi connectivity index (χ4v) is 2.76. The number of Topliss-reactive ketones (excluding diaryl/α,β-unsaturated/α-hetero) is 1. The van der Waals surface area contributed by atoms with Crippen LogP contribution in [0.1, 0.15) is 26.2 Å². The third-order valence-corrected chi connectivity index (χ3v) is 4.16. The van der Waals surface area contributed by atoms with Crippen LogP contribution >= 0.6 is 0 Å². The second kappa shape index (κ2) is 9.25. The summed E-state index contributed by atoms with van der Waals surface area (Å²) >= 11 is 0. The van der Waals surface area contributed by atoms with Crippen LogP contribution in [0.3, 0.4) is 0 Å². The van der Waals surface area contributed by atoms with Crippen molar-refractivity contribution >= 4 is 17.5 Å². The molecule has 134 valence electrons. The highest BCUT2D eigenvalue weighted by Crippen LogP contribution is 2.18. The lowest BCUT2D eigenvalue weighted by atomic mass is 9.98. The van der Waals surface area contributed by atoms with Gasteiger partial charge in [0.2, 0.25) is 0 Å². The van der Waals surface area contributed by atoms with Crippen molar-refractivity contribution in [2.24, 2.45) is 5.73 Å². The van der Waals surface area contributed by atoms with Crippen LogP contribution in [-0.2, 0) is 9.59 Å². The maximum absolute atomic E-state index is 13.0. The lowest BCUT2D eigenvalue weighted by Crippen LogP contribution is -2.44. The highest BCUT2D eigenvalue weighted by molar-refractivity contribution is 6.07. The maximum Gasteiger partial charge on any atom is 0.259 e. The zero-order chi connectivity index (χ0) is 18.2. The molecule has 2 rings (SSSR count). The maximum atomic E-state index is 13.0. The molecule has 0 fully saturated rings. The molecule has 3 N–H and O–H groups in total. The predicted octanol–water partition coefficient (Wildman–Crippen LogP) is 1.59. The molecule has 0 aromatic carbocycles. The number of aromatic nitrogens is 1. The van der Waals surface area contributed by atoms with Gasteiger partial charge in [-0.05, 0) is 25.6 Å². The van der Waals surface area contributed by atoms with E-state index in [2.05, 4.69) is 10.3 Å². The van der Waals surface area contributed by atoms with E-state index in [1.807, 2.05) is 26.1 Å². The Kier molecular flexibility index (Phi) is 7.03. The van der Waals surface area contributed by atoms with E-state index in [0.717, 1.165) is 6.42 Å². The van der Waals surface area contributed by atoms with E-state index in [1.165, 1.54) is 0 Å². The minimum absolute atomic E-state index is 0.00554. The highest BCUT2D eigenvalue weighted by atomic mass is 16.2. The third-order valence-electron chi connectivity index (χ3n) is 4.16. The van der Waals surface area contributed by atoms with Gasteiger partial charge in [0.25, 0.3) is 5.91 Å². The van der Waals surface area contributed by atoms with Crippen molar-refractivity contribution < 1.29 is 9.59 Å². The number of carbonyl (C=O) groups is 2. The largest absolute Gasteiger partial charge is 0.323 e. The number of anilines is 1. The Morgan fingerprint density at radius 3 is 2.72 bits per heavy atom. The van der Waals surface area contributed by atoms with Crippen LogP contribution in [0.15, 0.2) is 48.2 Å². The predicted molar refractivity (Wildman–Crippen MR) is 99.2 cm³/mol. The molecule has 25 heavy (non-hydrogen) atoms. The number of hydrogen-bond acceptors (Lipinski definition) is 5. The Labute approximate surface area is 148 Å². The van der Waals surface area contributed by atoms with Crippen molar-refractivity contribution in [2.45, 2.75) is 38.3 Å². The lowest BCUT2D eigenvalue weighted by molar-refractivity contribution is -0.119.